The van der Waals surface area contributed by atoms with Crippen LogP contribution < -0.4 is 11.1 Å². The Kier molecular flexibility index (Phi) is 2.79. The van der Waals surface area contributed by atoms with E-state index in [2.05, 4.69) is 34.6 Å². The largest absolute Gasteiger partial charge is 0.368 e. The molecule has 0 unspecified atom stereocenters. The van der Waals surface area contributed by atoms with E-state index in [1.165, 1.54) is 5.57 Å². The monoisotopic (exact) mass is 189 g/mol. The van der Waals surface area contributed by atoms with Gasteiger partial charge >= 0.3 is 0 Å². The van der Waals surface area contributed by atoms with Crippen molar-refractivity contribution in [1.29, 1.82) is 0 Å². The van der Waals surface area contributed by atoms with Crippen LogP contribution in [0.15, 0.2) is 40.4 Å². The molecule has 14 heavy (non-hydrogen) atoms. The summed E-state index contributed by atoms with van der Waals surface area (Å²) in [6, 6.07) is 0. The zero-order valence-corrected chi connectivity index (χ0v) is 8.16. The van der Waals surface area contributed by atoms with Crippen LogP contribution in [-0.4, -0.2) is 25.5 Å². The standard InChI is InChI=1S/C11H15N3/c12-8-9-3-1-2-4-10(7-9)11-13-5-6-14-11/h1-2,4,7H,3,5-6,8,12H2,(H,13,14). The molecule has 3 N–H and O–H groups in total. The molecule has 0 saturated carbocycles. The minimum Gasteiger partial charge on any atom is -0.368 e. The summed E-state index contributed by atoms with van der Waals surface area (Å²) in [6.45, 7) is 2.44. The maximum absolute atomic E-state index is 5.64. The van der Waals surface area contributed by atoms with Gasteiger partial charge in [0.2, 0.25) is 0 Å². The molecule has 74 valence electrons. The minimum atomic E-state index is 0.620. The van der Waals surface area contributed by atoms with Crippen LogP contribution in [-0.2, 0) is 0 Å². The highest BCUT2D eigenvalue weighted by molar-refractivity contribution is 6.02. The van der Waals surface area contributed by atoms with Crippen LogP contribution in [0.25, 0.3) is 0 Å². The molecule has 0 fully saturated rings. The lowest BCUT2D eigenvalue weighted by atomic mass is 10.1. The summed E-state index contributed by atoms with van der Waals surface area (Å²) in [5.74, 6) is 1.00. The molecule has 1 heterocycles. The first kappa shape index (κ1) is 9.21. The highest BCUT2D eigenvalue weighted by Crippen LogP contribution is 2.13. The van der Waals surface area contributed by atoms with Gasteiger partial charge in [-0.25, -0.2) is 0 Å². The fraction of sp³-hybridized carbons (Fsp3) is 0.364. The Labute approximate surface area is 84.1 Å². The van der Waals surface area contributed by atoms with Gasteiger partial charge in [-0.1, -0.05) is 29.9 Å². The first-order valence-corrected chi connectivity index (χ1v) is 4.95. The quantitative estimate of drug-likeness (QED) is 0.673. The summed E-state index contributed by atoms with van der Waals surface area (Å²) in [5, 5.41) is 3.26. The molecule has 0 atom stereocenters. The first-order valence-electron chi connectivity index (χ1n) is 4.95. The second kappa shape index (κ2) is 4.24. The summed E-state index contributed by atoms with van der Waals surface area (Å²) >= 11 is 0. The maximum Gasteiger partial charge on any atom is 0.128 e. The van der Waals surface area contributed by atoms with Gasteiger partial charge in [-0.05, 0) is 6.42 Å². The Hall–Kier alpha value is -1.35. The van der Waals surface area contributed by atoms with E-state index in [0.29, 0.717) is 6.54 Å². The number of rotatable bonds is 2. The number of hydrogen-bond donors (Lipinski definition) is 2. The number of nitrogens with two attached hydrogens (primary N) is 1. The predicted octanol–water partition coefficient (Wildman–Crippen LogP) is 0.760. The van der Waals surface area contributed by atoms with E-state index < -0.39 is 0 Å². The van der Waals surface area contributed by atoms with E-state index in [0.717, 1.165) is 30.9 Å². The molecule has 0 aromatic rings. The lowest BCUT2D eigenvalue weighted by molar-refractivity contribution is 0.960. The summed E-state index contributed by atoms with van der Waals surface area (Å²) in [6.07, 6.45) is 9.36. The third-order valence-corrected chi connectivity index (χ3v) is 2.36. The summed E-state index contributed by atoms with van der Waals surface area (Å²) in [5.41, 5.74) is 8.04. The Morgan fingerprint density at radius 2 is 2.43 bits per heavy atom. The second-order valence-corrected chi connectivity index (χ2v) is 3.42. The normalized spacial score (nSPS) is 20.8. The smallest absolute Gasteiger partial charge is 0.128 e. The molecule has 3 nitrogen and oxygen atoms in total. The number of hydrogen-bond acceptors (Lipinski definition) is 3. The average molecular weight is 189 g/mol. The predicted molar refractivity (Wildman–Crippen MR) is 59.3 cm³/mol. The van der Waals surface area contributed by atoms with Gasteiger partial charge in [-0.15, -0.1) is 0 Å². The molecular weight excluding hydrogens is 174 g/mol. The van der Waals surface area contributed by atoms with Crippen molar-refractivity contribution in [2.75, 3.05) is 19.6 Å². The first-order chi connectivity index (χ1) is 6.90. The lowest BCUT2D eigenvalue weighted by Crippen LogP contribution is -2.20. The number of nitrogens with one attached hydrogen (secondary N) is 1. The third-order valence-electron chi connectivity index (χ3n) is 2.36. The van der Waals surface area contributed by atoms with E-state index in [4.69, 9.17) is 5.73 Å². The molecule has 1 aliphatic carbocycles. The molecule has 0 saturated heterocycles. The fourth-order valence-electron chi connectivity index (χ4n) is 1.60. The zero-order valence-electron chi connectivity index (χ0n) is 8.16. The number of aliphatic imine (C=N–C) groups is 1. The van der Waals surface area contributed by atoms with Crippen molar-refractivity contribution in [2.45, 2.75) is 6.42 Å². The van der Waals surface area contributed by atoms with Crippen molar-refractivity contribution >= 4 is 5.84 Å². The lowest BCUT2D eigenvalue weighted by Gasteiger charge is -2.04. The van der Waals surface area contributed by atoms with Gasteiger partial charge in [0.05, 0.1) is 6.54 Å². The highest BCUT2D eigenvalue weighted by atomic mass is 15.1. The molecule has 0 aromatic heterocycles. The maximum atomic E-state index is 5.64. The molecule has 3 heteroatoms. The molecule has 2 aliphatic rings. The second-order valence-electron chi connectivity index (χ2n) is 3.42. The van der Waals surface area contributed by atoms with Gasteiger partial charge in [0.1, 0.15) is 5.84 Å². The van der Waals surface area contributed by atoms with Crippen molar-refractivity contribution in [1.82, 2.24) is 5.32 Å². The van der Waals surface area contributed by atoms with Crippen LogP contribution in [0.5, 0.6) is 0 Å². The van der Waals surface area contributed by atoms with E-state index in [-0.39, 0.29) is 0 Å². The van der Waals surface area contributed by atoms with E-state index >= 15 is 0 Å². The number of amidine groups is 1. The van der Waals surface area contributed by atoms with Crippen molar-refractivity contribution in [3.63, 3.8) is 0 Å². The van der Waals surface area contributed by atoms with E-state index in [1.54, 1.807) is 0 Å². The highest BCUT2D eigenvalue weighted by Gasteiger charge is 2.09. The number of nitrogens with zero attached hydrogens (tertiary/aromatic N) is 1. The molecule has 0 aromatic carbocycles. The SMILES string of the molecule is NCC1=CC(C2=NCCN2)=CC=CC1. The average Bonchev–Trinajstić information content (AvgIpc) is 2.63. The fourth-order valence-corrected chi connectivity index (χ4v) is 1.60. The zero-order chi connectivity index (χ0) is 9.80. The van der Waals surface area contributed by atoms with Gasteiger partial charge in [-0.2, -0.15) is 0 Å². The van der Waals surface area contributed by atoms with E-state index in [9.17, 15) is 0 Å². The minimum absolute atomic E-state index is 0.620. The van der Waals surface area contributed by atoms with Crippen molar-refractivity contribution < 1.29 is 0 Å². The Bertz CT molecular complexity index is 334. The van der Waals surface area contributed by atoms with Crippen LogP contribution in [0.2, 0.25) is 0 Å². The van der Waals surface area contributed by atoms with Crippen LogP contribution >= 0.6 is 0 Å². The Morgan fingerprint density at radius 1 is 1.50 bits per heavy atom. The molecular formula is C11H15N3. The van der Waals surface area contributed by atoms with Gasteiger partial charge in [0, 0.05) is 18.7 Å². The summed E-state index contributed by atoms with van der Waals surface area (Å²) < 4.78 is 0. The van der Waals surface area contributed by atoms with Crippen molar-refractivity contribution in [3.8, 4) is 0 Å². The van der Waals surface area contributed by atoms with E-state index in [1.807, 2.05) is 0 Å². The molecule has 1 aliphatic heterocycles. The van der Waals surface area contributed by atoms with Crippen LogP contribution in [0.4, 0.5) is 0 Å². The molecule has 0 radical (unpaired) electrons. The molecule has 0 spiro atoms. The molecule has 0 amide bonds. The van der Waals surface area contributed by atoms with Crippen LogP contribution in [0.1, 0.15) is 6.42 Å². The van der Waals surface area contributed by atoms with Crippen molar-refractivity contribution in [2.24, 2.45) is 10.7 Å². The van der Waals surface area contributed by atoms with Crippen molar-refractivity contribution in [3.05, 3.63) is 35.5 Å². The summed E-state index contributed by atoms with van der Waals surface area (Å²) in [4.78, 5) is 4.39. The topological polar surface area (TPSA) is 50.4 Å². The Balaban J connectivity index is 2.24. The van der Waals surface area contributed by atoms with Gasteiger partial charge in [0.25, 0.3) is 0 Å². The number of allylic oxidation sites excluding steroid dienone is 3. The van der Waals surface area contributed by atoms with Crippen LogP contribution in [0.3, 0.4) is 0 Å². The molecule has 2 rings (SSSR count). The third kappa shape index (κ3) is 1.93. The Morgan fingerprint density at radius 3 is 3.14 bits per heavy atom. The molecule has 0 bridgehead atoms. The van der Waals surface area contributed by atoms with Crippen LogP contribution in [0, 0.1) is 0 Å². The van der Waals surface area contributed by atoms with Gasteiger partial charge in [-0.3, -0.25) is 4.99 Å². The van der Waals surface area contributed by atoms with Gasteiger partial charge in [0.15, 0.2) is 0 Å². The van der Waals surface area contributed by atoms with Gasteiger partial charge < -0.3 is 11.1 Å². The summed E-state index contributed by atoms with van der Waals surface area (Å²) in [7, 11) is 0.